The van der Waals surface area contributed by atoms with Gasteiger partial charge < -0.3 is 10.2 Å². The molecule has 4 nitrogen and oxygen atoms in total. The van der Waals surface area contributed by atoms with E-state index >= 15 is 0 Å². The molecule has 2 aliphatic rings. The first-order valence-corrected chi connectivity index (χ1v) is 9.88. The number of rotatable bonds is 3. The maximum Gasteiger partial charge on any atom is 0.226 e. The van der Waals surface area contributed by atoms with E-state index in [-0.39, 0.29) is 36.1 Å². The fourth-order valence-electron chi connectivity index (χ4n) is 3.90. The molecule has 2 aromatic carbocycles. The summed E-state index contributed by atoms with van der Waals surface area (Å²) in [7, 11) is 0. The van der Waals surface area contributed by atoms with Crippen LogP contribution >= 0.6 is 23.2 Å². The third-order valence-electron chi connectivity index (χ3n) is 5.39. The van der Waals surface area contributed by atoms with E-state index in [1.54, 1.807) is 6.07 Å². The van der Waals surface area contributed by atoms with Gasteiger partial charge in [0.15, 0.2) is 0 Å². The molecule has 3 atom stereocenters. The lowest BCUT2D eigenvalue weighted by atomic mass is 10.0. The number of carbonyl (C=O) groups is 2. The van der Waals surface area contributed by atoms with Crippen molar-refractivity contribution in [3.63, 3.8) is 0 Å². The molecule has 6 heteroatoms. The summed E-state index contributed by atoms with van der Waals surface area (Å²) in [5.74, 6) is 0.0400. The first-order chi connectivity index (χ1) is 13.1. The summed E-state index contributed by atoms with van der Waals surface area (Å²) >= 11 is 12.5. The molecule has 1 N–H and O–H groups in total. The van der Waals surface area contributed by atoms with Crippen molar-refractivity contribution in [1.29, 1.82) is 0 Å². The highest BCUT2D eigenvalue weighted by molar-refractivity contribution is 6.42. The van der Waals surface area contributed by atoms with Crippen molar-refractivity contribution in [1.82, 2.24) is 10.2 Å². The third-order valence-corrected chi connectivity index (χ3v) is 6.22. The largest absolute Gasteiger partial charge is 0.354 e. The number of hydrogen-bond donors (Lipinski definition) is 1. The minimum Gasteiger partial charge on any atom is -0.354 e. The van der Waals surface area contributed by atoms with Crippen LogP contribution in [0, 0.1) is 5.92 Å². The van der Waals surface area contributed by atoms with E-state index in [1.807, 2.05) is 47.4 Å². The first kappa shape index (κ1) is 18.3. The Labute approximate surface area is 168 Å². The summed E-state index contributed by atoms with van der Waals surface area (Å²) in [6.07, 6.45) is 1.04. The van der Waals surface area contributed by atoms with E-state index in [4.69, 9.17) is 23.2 Å². The molecule has 2 fully saturated rings. The molecule has 1 saturated heterocycles. The molecular weight excluding hydrogens is 383 g/mol. The van der Waals surface area contributed by atoms with Crippen LogP contribution in [-0.2, 0) is 9.59 Å². The van der Waals surface area contributed by atoms with Crippen molar-refractivity contribution >= 4 is 35.0 Å². The standard InChI is InChI=1S/C21H20Cl2N2O2/c22-17-8-4-7-14(20(17)23)15-11-16(15)21(27)25-10-9-24-19(26)12-18(25)13-5-2-1-3-6-13/h1-8,15-16,18H,9-12H2,(H,24,26)/t15-,16-,18+/m0/s1. The zero-order chi connectivity index (χ0) is 19.0. The van der Waals surface area contributed by atoms with Gasteiger partial charge in [-0.15, -0.1) is 0 Å². The van der Waals surface area contributed by atoms with Crippen molar-refractivity contribution in [2.45, 2.75) is 24.8 Å². The van der Waals surface area contributed by atoms with Gasteiger partial charge in [-0.2, -0.15) is 0 Å². The Hall–Kier alpha value is -2.04. The van der Waals surface area contributed by atoms with Gasteiger partial charge in [0.1, 0.15) is 0 Å². The van der Waals surface area contributed by atoms with Gasteiger partial charge in [0, 0.05) is 19.0 Å². The van der Waals surface area contributed by atoms with Crippen LogP contribution in [0.4, 0.5) is 0 Å². The number of carbonyl (C=O) groups excluding carboxylic acids is 2. The maximum absolute atomic E-state index is 13.3. The van der Waals surface area contributed by atoms with Crippen LogP contribution in [0.15, 0.2) is 48.5 Å². The molecule has 0 unspecified atom stereocenters. The number of nitrogens with zero attached hydrogens (tertiary/aromatic N) is 1. The van der Waals surface area contributed by atoms with Gasteiger partial charge in [0.2, 0.25) is 11.8 Å². The molecule has 1 aliphatic carbocycles. The molecular formula is C21H20Cl2N2O2. The van der Waals surface area contributed by atoms with Gasteiger partial charge >= 0.3 is 0 Å². The number of nitrogens with one attached hydrogen (secondary N) is 1. The normalized spacial score (nSPS) is 24.9. The van der Waals surface area contributed by atoms with Crippen LogP contribution < -0.4 is 5.32 Å². The highest BCUT2D eigenvalue weighted by atomic mass is 35.5. The highest BCUT2D eigenvalue weighted by Crippen LogP contribution is 2.52. The summed E-state index contributed by atoms with van der Waals surface area (Å²) < 4.78 is 0. The Bertz CT molecular complexity index is 872. The summed E-state index contributed by atoms with van der Waals surface area (Å²) in [5.41, 5.74) is 1.92. The van der Waals surface area contributed by atoms with E-state index in [1.165, 1.54) is 0 Å². The fourth-order valence-corrected chi connectivity index (χ4v) is 4.35. The number of hydrogen-bond acceptors (Lipinski definition) is 2. The Balaban J connectivity index is 1.58. The topological polar surface area (TPSA) is 49.4 Å². The van der Waals surface area contributed by atoms with E-state index in [0.717, 1.165) is 17.5 Å². The lowest BCUT2D eigenvalue weighted by Crippen LogP contribution is -2.37. The predicted octanol–water partition coefficient (Wildman–Crippen LogP) is 4.19. The van der Waals surface area contributed by atoms with Crippen LogP contribution in [-0.4, -0.2) is 29.8 Å². The van der Waals surface area contributed by atoms with Crippen LogP contribution in [0.1, 0.15) is 35.9 Å². The molecule has 0 bridgehead atoms. The third kappa shape index (κ3) is 3.69. The molecule has 1 saturated carbocycles. The quantitative estimate of drug-likeness (QED) is 0.836. The molecule has 1 aliphatic heterocycles. The monoisotopic (exact) mass is 402 g/mol. The van der Waals surface area contributed by atoms with Crippen molar-refractivity contribution in [3.05, 3.63) is 69.7 Å². The van der Waals surface area contributed by atoms with Crippen LogP contribution in [0.25, 0.3) is 0 Å². The summed E-state index contributed by atoms with van der Waals surface area (Å²) in [6.45, 7) is 0.986. The van der Waals surface area contributed by atoms with E-state index < -0.39 is 0 Å². The van der Waals surface area contributed by atoms with E-state index in [9.17, 15) is 9.59 Å². The summed E-state index contributed by atoms with van der Waals surface area (Å²) in [5, 5.41) is 3.92. The molecule has 2 amide bonds. The first-order valence-electron chi connectivity index (χ1n) is 9.12. The van der Waals surface area contributed by atoms with Gasteiger partial charge in [-0.3, -0.25) is 9.59 Å². The molecule has 2 aromatic rings. The van der Waals surface area contributed by atoms with Crippen LogP contribution in [0.3, 0.4) is 0 Å². The minimum absolute atomic E-state index is 0.0237. The number of halogens is 2. The Morgan fingerprint density at radius 1 is 1.07 bits per heavy atom. The fraction of sp³-hybridized carbons (Fsp3) is 0.333. The summed E-state index contributed by atoms with van der Waals surface area (Å²) in [4.78, 5) is 27.3. The van der Waals surface area contributed by atoms with Gasteiger partial charge in [0.05, 0.1) is 22.5 Å². The minimum atomic E-state index is -0.239. The molecule has 1 heterocycles. The van der Waals surface area contributed by atoms with Crippen molar-refractivity contribution in [3.8, 4) is 0 Å². The zero-order valence-corrected chi connectivity index (χ0v) is 16.2. The average Bonchev–Trinajstić information content (AvgIpc) is 3.48. The lowest BCUT2D eigenvalue weighted by Gasteiger charge is -2.30. The lowest BCUT2D eigenvalue weighted by molar-refractivity contribution is -0.135. The van der Waals surface area contributed by atoms with Gasteiger partial charge in [-0.05, 0) is 29.5 Å². The highest BCUT2D eigenvalue weighted by Gasteiger charge is 2.48. The van der Waals surface area contributed by atoms with Crippen molar-refractivity contribution < 1.29 is 9.59 Å². The zero-order valence-electron chi connectivity index (χ0n) is 14.7. The van der Waals surface area contributed by atoms with Crippen molar-refractivity contribution in [2.75, 3.05) is 13.1 Å². The van der Waals surface area contributed by atoms with E-state index in [2.05, 4.69) is 5.32 Å². The second-order valence-electron chi connectivity index (χ2n) is 7.10. The number of amides is 2. The maximum atomic E-state index is 13.3. The van der Waals surface area contributed by atoms with Crippen LogP contribution in [0.2, 0.25) is 10.0 Å². The summed E-state index contributed by atoms with van der Waals surface area (Å²) in [6, 6.07) is 15.1. The smallest absolute Gasteiger partial charge is 0.226 e. The molecule has 4 rings (SSSR count). The Morgan fingerprint density at radius 3 is 2.63 bits per heavy atom. The Kier molecular flexibility index (Phi) is 5.11. The predicted molar refractivity (Wildman–Crippen MR) is 106 cm³/mol. The second-order valence-corrected chi connectivity index (χ2v) is 7.89. The molecule has 0 radical (unpaired) electrons. The number of benzene rings is 2. The second kappa shape index (κ2) is 7.53. The Morgan fingerprint density at radius 2 is 1.85 bits per heavy atom. The van der Waals surface area contributed by atoms with Crippen LogP contribution in [0.5, 0.6) is 0 Å². The molecule has 140 valence electrons. The molecule has 0 aromatic heterocycles. The SMILES string of the molecule is O=C1C[C@H](c2ccccc2)N(C(=O)[C@H]2C[C@H]2c2cccc(Cl)c2Cl)CCN1. The van der Waals surface area contributed by atoms with Gasteiger partial charge in [-0.25, -0.2) is 0 Å². The molecule has 27 heavy (non-hydrogen) atoms. The van der Waals surface area contributed by atoms with Gasteiger partial charge in [-0.1, -0.05) is 65.7 Å². The van der Waals surface area contributed by atoms with Gasteiger partial charge in [0.25, 0.3) is 0 Å². The average molecular weight is 403 g/mol. The van der Waals surface area contributed by atoms with Crippen molar-refractivity contribution in [2.24, 2.45) is 5.92 Å². The van der Waals surface area contributed by atoms with E-state index in [0.29, 0.717) is 23.1 Å². The molecule has 0 spiro atoms.